The number of halogens is 1. The van der Waals surface area contributed by atoms with E-state index in [1.165, 1.54) is 17.8 Å². The number of H-pyrrole nitrogens is 1. The van der Waals surface area contributed by atoms with E-state index in [9.17, 15) is 4.39 Å². The van der Waals surface area contributed by atoms with E-state index in [2.05, 4.69) is 20.2 Å². The van der Waals surface area contributed by atoms with E-state index in [0.717, 1.165) is 22.5 Å². The van der Waals surface area contributed by atoms with Crippen LogP contribution in [0.5, 0.6) is 0 Å². The van der Waals surface area contributed by atoms with Crippen LogP contribution >= 0.6 is 11.8 Å². The van der Waals surface area contributed by atoms with Crippen molar-refractivity contribution < 1.29 is 4.39 Å². The third kappa shape index (κ3) is 3.40. The summed E-state index contributed by atoms with van der Waals surface area (Å²) in [6, 6.07) is 24.3. The van der Waals surface area contributed by atoms with E-state index in [1.54, 1.807) is 18.2 Å². The number of imidazole rings is 1. The summed E-state index contributed by atoms with van der Waals surface area (Å²) >= 11 is 1.50. The number of nitrogens with zero attached hydrogens (tertiary/aromatic N) is 4. The summed E-state index contributed by atoms with van der Waals surface area (Å²) in [6.45, 7) is 0. The van der Waals surface area contributed by atoms with Crippen molar-refractivity contribution in [3.8, 4) is 17.1 Å². The highest BCUT2D eigenvalue weighted by Crippen LogP contribution is 2.30. The van der Waals surface area contributed by atoms with Crippen LogP contribution in [0.1, 0.15) is 5.82 Å². The molecule has 0 amide bonds. The summed E-state index contributed by atoms with van der Waals surface area (Å²) < 4.78 is 16.3. The van der Waals surface area contributed by atoms with Crippen molar-refractivity contribution in [3.05, 3.63) is 90.5 Å². The van der Waals surface area contributed by atoms with Crippen LogP contribution in [0.3, 0.4) is 0 Å². The number of benzene rings is 3. The Morgan fingerprint density at radius 2 is 1.62 bits per heavy atom. The fourth-order valence-corrected chi connectivity index (χ4v) is 4.02. The minimum Gasteiger partial charge on any atom is -0.341 e. The molecule has 2 heterocycles. The molecule has 5 nitrogen and oxygen atoms in total. The summed E-state index contributed by atoms with van der Waals surface area (Å²) in [6.07, 6.45) is 0. The Bertz CT molecular complexity index is 1250. The second kappa shape index (κ2) is 7.52. The molecule has 0 unspecified atom stereocenters. The standard InChI is InChI=1S/C22H16FN5S/c23-17-11-5-4-10-16(17)21-26-27-22(28(21)15-8-2-1-3-9-15)29-14-20-24-18-12-6-7-13-19(18)25-20/h1-13H,14H2,(H,24,25). The van der Waals surface area contributed by atoms with Gasteiger partial charge in [0.1, 0.15) is 11.6 Å². The molecular weight excluding hydrogens is 385 g/mol. The van der Waals surface area contributed by atoms with Gasteiger partial charge >= 0.3 is 0 Å². The van der Waals surface area contributed by atoms with Crippen LogP contribution in [-0.4, -0.2) is 24.7 Å². The Morgan fingerprint density at radius 3 is 2.45 bits per heavy atom. The van der Waals surface area contributed by atoms with Gasteiger partial charge in [0.25, 0.3) is 0 Å². The van der Waals surface area contributed by atoms with Crippen molar-refractivity contribution in [1.29, 1.82) is 0 Å². The van der Waals surface area contributed by atoms with Crippen LogP contribution in [-0.2, 0) is 5.75 Å². The van der Waals surface area contributed by atoms with E-state index in [4.69, 9.17) is 0 Å². The Balaban J connectivity index is 1.53. The highest BCUT2D eigenvalue weighted by Gasteiger charge is 2.19. The molecule has 0 saturated heterocycles. The van der Waals surface area contributed by atoms with E-state index < -0.39 is 0 Å². The van der Waals surface area contributed by atoms with Crippen LogP contribution in [0.25, 0.3) is 28.1 Å². The number of hydrogen-bond donors (Lipinski definition) is 1. The van der Waals surface area contributed by atoms with E-state index >= 15 is 0 Å². The highest BCUT2D eigenvalue weighted by molar-refractivity contribution is 7.98. The van der Waals surface area contributed by atoms with Crippen LogP contribution in [0.15, 0.2) is 84.0 Å². The zero-order valence-corrected chi connectivity index (χ0v) is 16.1. The zero-order chi connectivity index (χ0) is 19.6. The average molecular weight is 401 g/mol. The lowest BCUT2D eigenvalue weighted by atomic mass is 10.2. The largest absolute Gasteiger partial charge is 0.341 e. The third-order valence-corrected chi connectivity index (χ3v) is 5.48. The predicted octanol–water partition coefficient (Wildman–Crippen LogP) is 5.24. The summed E-state index contributed by atoms with van der Waals surface area (Å²) in [5.41, 5.74) is 3.22. The first-order chi connectivity index (χ1) is 14.3. The second-order valence-electron chi connectivity index (χ2n) is 6.45. The Morgan fingerprint density at radius 1 is 0.862 bits per heavy atom. The van der Waals surface area contributed by atoms with Gasteiger partial charge in [0.05, 0.1) is 22.3 Å². The molecule has 7 heteroatoms. The molecule has 5 rings (SSSR count). The summed E-state index contributed by atoms with van der Waals surface area (Å²) in [7, 11) is 0. The first-order valence-corrected chi connectivity index (χ1v) is 10.1. The molecule has 0 aliphatic carbocycles. The van der Waals surface area contributed by atoms with Gasteiger partial charge in [0, 0.05) is 5.69 Å². The first kappa shape index (κ1) is 17.6. The maximum absolute atomic E-state index is 14.4. The predicted molar refractivity (Wildman–Crippen MR) is 112 cm³/mol. The van der Waals surface area contributed by atoms with Gasteiger partial charge in [-0.2, -0.15) is 0 Å². The van der Waals surface area contributed by atoms with Crippen LogP contribution in [0.4, 0.5) is 4.39 Å². The molecule has 0 fully saturated rings. The maximum atomic E-state index is 14.4. The SMILES string of the molecule is Fc1ccccc1-c1nnc(SCc2nc3ccccc3[nH]2)n1-c1ccccc1. The molecular formula is C22H16FN5S. The molecule has 0 bridgehead atoms. The number of nitrogens with one attached hydrogen (secondary N) is 1. The summed E-state index contributed by atoms with van der Waals surface area (Å²) in [4.78, 5) is 7.94. The Kier molecular flexibility index (Phi) is 4.57. The second-order valence-corrected chi connectivity index (χ2v) is 7.39. The normalized spacial score (nSPS) is 11.2. The van der Waals surface area contributed by atoms with Gasteiger partial charge in [-0.05, 0) is 36.4 Å². The summed E-state index contributed by atoms with van der Waals surface area (Å²) in [5, 5.41) is 9.32. The molecule has 5 aromatic rings. The van der Waals surface area contributed by atoms with E-state index in [0.29, 0.717) is 22.3 Å². The lowest BCUT2D eigenvalue weighted by Gasteiger charge is -2.10. The third-order valence-electron chi connectivity index (χ3n) is 4.54. The van der Waals surface area contributed by atoms with Crippen molar-refractivity contribution in [2.45, 2.75) is 10.9 Å². The van der Waals surface area contributed by atoms with Gasteiger partial charge in [0.2, 0.25) is 0 Å². The topological polar surface area (TPSA) is 59.4 Å². The summed E-state index contributed by atoms with van der Waals surface area (Å²) in [5.74, 6) is 1.59. The number of hydrogen-bond acceptors (Lipinski definition) is 4. The number of aromatic amines is 1. The van der Waals surface area contributed by atoms with Gasteiger partial charge < -0.3 is 4.98 Å². The van der Waals surface area contributed by atoms with E-state index in [-0.39, 0.29) is 5.82 Å². The van der Waals surface area contributed by atoms with Crippen LogP contribution in [0, 0.1) is 5.82 Å². The van der Waals surface area contributed by atoms with Crippen molar-refractivity contribution in [1.82, 2.24) is 24.7 Å². The van der Waals surface area contributed by atoms with Crippen LogP contribution < -0.4 is 0 Å². The number of thioether (sulfide) groups is 1. The van der Waals surface area contributed by atoms with Gasteiger partial charge in [0.15, 0.2) is 11.0 Å². The van der Waals surface area contributed by atoms with Gasteiger partial charge in [-0.1, -0.05) is 54.2 Å². The number of rotatable bonds is 5. The first-order valence-electron chi connectivity index (χ1n) is 9.12. The maximum Gasteiger partial charge on any atom is 0.196 e. The highest BCUT2D eigenvalue weighted by atomic mass is 32.2. The molecule has 0 atom stereocenters. The van der Waals surface area contributed by atoms with Crippen molar-refractivity contribution in [2.24, 2.45) is 0 Å². The molecule has 142 valence electrons. The quantitative estimate of drug-likeness (QED) is 0.409. The molecule has 1 N–H and O–H groups in total. The van der Waals surface area contributed by atoms with Gasteiger partial charge in [-0.15, -0.1) is 10.2 Å². The van der Waals surface area contributed by atoms with Gasteiger partial charge in [-0.25, -0.2) is 9.37 Å². The Labute approximate surface area is 170 Å². The van der Waals surface area contributed by atoms with Crippen molar-refractivity contribution in [2.75, 3.05) is 0 Å². The molecule has 2 aromatic heterocycles. The minimum absolute atomic E-state index is 0.328. The number of aromatic nitrogens is 5. The van der Waals surface area contributed by atoms with Gasteiger partial charge in [-0.3, -0.25) is 4.57 Å². The molecule has 0 spiro atoms. The van der Waals surface area contributed by atoms with Crippen LogP contribution in [0.2, 0.25) is 0 Å². The fraction of sp³-hybridized carbons (Fsp3) is 0.0455. The molecule has 0 aliphatic heterocycles. The molecule has 0 saturated carbocycles. The average Bonchev–Trinajstić information content (AvgIpc) is 3.37. The molecule has 0 radical (unpaired) electrons. The number of para-hydroxylation sites is 3. The van der Waals surface area contributed by atoms with E-state index in [1.807, 2.05) is 59.2 Å². The lowest BCUT2D eigenvalue weighted by molar-refractivity contribution is 0.629. The zero-order valence-electron chi connectivity index (χ0n) is 15.3. The van der Waals surface area contributed by atoms with Crippen molar-refractivity contribution >= 4 is 22.8 Å². The molecule has 0 aliphatic rings. The fourth-order valence-electron chi connectivity index (χ4n) is 3.20. The smallest absolute Gasteiger partial charge is 0.196 e. The van der Waals surface area contributed by atoms with Crippen molar-refractivity contribution in [3.63, 3.8) is 0 Å². The Hall–Kier alpha value is -3.45. The minimum atomic E-state index is -0.328. The molecule has 3 aromatic carbocycles. The molecule has 29 heavy (non-hydrogen) atoms. The monoisotopic (exact) mass is 401 g/mol. The lowest BCUT2D eigenvalue weighted by Crippen LogP contribution is -2.01. The number of fused-ring (bicyclic) bond motifs is 1.